The van der Waals surface area contributed by atoms with Crippen molar-refractivity contribution in [3.05, 3.63) is 24.5 Å². The molecule has 1 aromatic heterocycles. The standard InChI is InChI=1S/C11H16N4O2.2ClH/c12-5-1-4-10(16)14-8-11(17)15-9-3-2-6-13-7-9;;/h2-3,6-7H,1,4-5,8,12H2,(H,14,16)(H,15,17);2*1H. The second-order valence-corrected chi connectivity index (χ2v) is 3.46. The summed E-state index contributed by atoms with van der Waals surface area (Å²) >= 11 is 0. The number of hydrogen-bond donors (Lipinski definition) is 3. The Balaban J connectivity index is 0. The Kier molecular flexibility index (Phi) is 12.3. The largest absolute Gasteiger partial charge is 0.347 e. The molecule has 0 bridgehead atoms. The van der Waals surface area contributed by atoms with Gasteiger partial charge in [-0.1, -0.05) is 0 Å². The highest BCUT2D eigenvalue weighted by Gasteiger charge is 2.05. The summed E-state index contributed by atoms with van der Waals surface area (Å²) < 4.78 is 0. The Morgan fingerprint density at radius 1 is 1.26 bits per heavy atom. The van der Waals surface area contributed by atoms with E-state index in [1.807, 2.05) is 0 Å². The monoisotopic (exact) mass is 308 g/mol. The van der Waals surface area contributed by atoms with Gasteiger partial charge in [0, 0.05) is 12.6 Å². The average molecular weight is 309 g/mol. The van der Waals surface area contributed by atoms with Crippen LogP contribution in [0.3, 0.4) is 0 Å². The number of aromatic nitrogens is 1. The third kappa shape index (κ3) is 9.24. The van der Waals surface area contributed by atoms with Crippen molar-refractivity contribution in [1.82, 2.24) is 10.3 Å². The lowest BCUT2D eigenvalue weighted by atomic mass is 10.3. The topological polar surface area (TPSA) is 97.1 Å². The molecule has 19 heavy (non-hydrogen) atoms. The van der Waals surface area contributed by atoms with Gasteiger partial charge in [0.15, 0.2) is 0 Å². The first kappa shape index (κ1) is 20.0. The summed E-state index contributed by atoms with van der Waals surface area (Å²) in [6, 6.07) is 3.44. The molecule has 0 aliphatic heterocycles. The number of hydrogen-bond acceptors (Lipinski definition) is 4. The minimum atomic E-state index is -0.279. The molecule has 0 saturated carbocycles. The van der Waals surface area contributed by atoms with E-state index in [9.17, 15) is 9.59 Å². The zero-order valence-corrected chi connectivity index (χ0v) is 11.9. The molecule has 2 amide bonds. The molecule has 1 rings (SSSR count). The number of pyridine rings is 1. The second-order valence-electron chi connectivity index (χ2n) is 3.46. The smallest absolute Gasteiger partial charge is 0.243 e. The molecule has 0 unspecified atom stereocenters. The zero-order chi connectivity index (χ0) is 12.5. The van der Waals surface area contributed by atoms with Crippen LogP contribution in [0.5, 0.6) is 0 Å². The summed E-state index contributed by atoms with van der Waals surface area (Å²) in [6.07, 6.45) is 4.12. The zero-order valence-electron chi connectivity index (χ0n) is 10.3. The Hall–Kier alpha value is -1.37. The lowest BCUT2D eigenvalue weighted by molar-refractivity contribution is -0.124. The number of halogens is 2. The number of nitrogens with one attached hydrogen (secondary N) is 2. The van der Waals surface area contributed by atoms with Gasteiger partial charge in [-0.2, -0.15) is 0 Å². The summed E-state index contributed by atoms with van der Waals surface area (Å²) in [6.45, 7) is 0.424. The number of anilines is 1. The first-order chi connectivity index (χ1) is 8.22. The molecule has 0 aliphatic carbocycles. The maximum atomic E-state index is 11.4. The van der Waals surface area contributed by atoms with Gasteiger partial charge in [-0.05, 0) is 25.1 Å². The van der Waals surface area contributed by atoms with Crippen molar-refractivity contribution in [3.63, 3.8) is 0 Å². The van der Waals surface area contributed by atoms with Crippen LogP contribution in [0.2, 0.25) is 0 Å². The van der Waals surface area contributed by atoms with Crippen LogP contribution < -0.4 is 16.4 Å². The number of rotatable bonds is 6. The fourth-order valence-electron chi connectivity index (χ4n) is 1.17. The van der Waals surface area contributed by atoms with Gasteiger partial charge in [0.25, 0.3) is 0 Å². The maximum Gasteiger partial charge on any atom is 0.243 e. The van der Waals surface area contributed by atoms with Crippen molar-refractivity contribution < 1.29 is 9.59 Å². The van der Waals surface area contributed by atoms with Crippen LogP contribution >= 0.6 is 24.8 Å². The van der Waals surface area contributed by atoms with Gasteiger partial charge in [0.1, 0.15) is 0 Å². The molecule has 0 saturated heterocycles. The summed E-state index contributed by atoms with van der Waals surface area (Å²) in [4.78, 5) is 26.5. The van der Waals surface area contributed by atoms with Gasteiger partial charge in [-0.15, -0.1) is 24.8 Å². The molecule has 1 heterocycles. The Morgan fingerprint density at radius 2 is 2.00 bits per heavy atom. The molecule has 0 aromatic carbocycles. The van der Waals surface area contributed by atoms with E-state index in [-0.39, 0.29) is 43.2 Å². The van der Waals surface area contributed by atoms with Crippen molar-refractivity contribution in [3.8, 4) is 0 Å². The van der Waals surface area contributed by atoms with Crippen molar-refractivity contribution in [1.29, 1.82) is 0 Å². The summed E-state index contributed by atoms with van der Waals surface area (Å²) in [5.41, 5.74) is 5.87. The van der Waals surface area contributed by atoms with Crippen molar-refractivity contribution in [2.75, 3.05) is 18.4 Å². The van der Waals surface area contributed by atoms with Crippen LogP contribution in [0.25, 0.3) is 0 Å². The highest BCUT2D eigenvalue weighted by Crippen LogP contribution is 2.01. The van der Waals surface area contributed by atoms with E-state index in [2.05, 4.69) is 15.6 Å². The van der Waals surface area contributed by atoms with Crippen LogP contribution in [0.1, 0.15) is 12.8 Å². The molecule has 0 atom stereocenters. The quantitative estimate of drug-likeness (QED) is 0.721. The number of nitrogens with zero attached hydrogens (tertiary/aromatic N) is 1. The van der Waals surface area contributed by atoms with Crippen LogP contribution in [0.15, 0.2) is 24.5 Å². The maximum absolute atomic E-state index is 11.4. The Labute approximate surface area is 124 Å². The third-order valence-electron chi connectivity index (χ3n) is 2.00. The summed E-state index contributed by atoms with van der Waals surface area (Å²) in [5.74, 6) is -0.448. The number of amides is 2. The van der Waals surface area contributed by atoms with Crippen LogP contribution in [0, 0.1) is 0 Å². The van der Waals surface area contributed by atoms with Gasteiger partial charge in [-0.25, -0.2) is 0 Å². The lowest BCUT2D eigenvalue weighted by Crippen LogP contribution is -2.32. The van der Waals surface area contributed by atoms with Gasteiger partial charge in [-0.3, -0.25) is 14.6 Å². The van der Waals surface area contributed by atoms with Crippen molar-refractivity contribution >= 4 is 42.3 Å². The lowest BCUT2D eigenvalue weighted by Gasteiger charge is -2.06. The predicted molar refractivity (Wildman–Crippen MR) is 78.7 cm³/mol. The average Bonchev–Trinajstić information content (AvgIpc) is 2.35. The summed E-state index contributed by atoms with van der Waals surface area (Å²) in [5, 5.41) is 5.12. The SMILES string of the molecule is Cl.Cl.NCCCC(=O)NCC(=O)Nc1cccnc1. The molecular formula is C11H18Cl2N4O2. The van der Waals surface area contributed by atoms with E-state index in [0.717, 1.165) is 0 Å². The number of carbonyl (C=O) groups is 2. The van der Waals surface area contributed by atoms with Gasteiger partial charge < -0.3 is 16.4 Å². The molecule has 0 aliphatic rings. The predicted octanol–water partition coefficient (Wildman–Crippen LogP) is 0.719. The molecule has 8 heteroatoms. The van der Waals surface area contributed by atoms with Crippen LogP contribution in [0.4, 0.5) is 5.69 Å². The van der Waals surface area contributed by atoms with Crippen molar-refractivity contribution in [2.24, 2.45) is 5.73 Å². The van der Waals surface area contributed by atoms with E-state index in [1.54, 1.807) is 18.3 Å². The number of nitrogens with two attached hydrogens (primary N) is 1. The first-order valence-corrected chi connectivity index (χ1v) is 5.39. The molecule has 108 valence electrons. The minimum absolute atomic E-state index is 0. The van der Waals surface area contributed by atoms with E-state index in [1.165, 1.54) is 6.20 Å². The molecular weight excluding hydrogens is 291 g/mol. The van der Waals surface area contributed by atoms with E-state index >= 15 is 0 Å². The van der Waals surface area contributed by atoms with Gasteiger partial charge in [0.2, 0.25) is 11.8 Å². The molecule has 0 spiro atoms. The fourth-order valence-corrected chi connectivity index (χ4v) is 1.17. The molecule has 0 fully saturated rings. The summed E-state index contributed by atoms with van der Waals surface area (Å²) in [7, 11) is 0. The first-order valence-electron chi connectivity index (χ1n) is 5.39. The van der Waals surface area contributed by atoms with Crippen molar-refractivity contribution in [2.45, 2.75) is 12.8 Å². The molecule has 0 radical (unpaired) electrons. The Morgan fingerprint density at radius 3 is 2.58 bits per heavy atom. The minimum Gasteiger partial charge on any atom is -0.347 e. The molecule has 4 N–H and O–H groups in total. The molecule has 6 nitrogen and oxygen atoms in total. The van der Waals surface area contributed by atoms with E-state index in [0.29, 0.717) is 25.1 Å². The molecule has 1 aromatic rings. The van der Waals surface area contributed by atoms with Crippen LogP contribution in [-0.4, -0.2) is 29.9 Å². The second kappa shape index (κ2) is 11.7. The highest BCUT2D eigenvalue weighted by atomic mass is 35.5. The third-order valence-corrected chi connectivity index (χ3v) is 2.00. The fraction of sp³-hybridized carbons (Fsp3) is 0.364. The normalized spacial score (nSPS) is 8.68. The van der Waals surface area contributed by atoms with Gasteiger partial charge in [0.05, 0.1) is 18.4 Å². The highest BCUT2D eigenvalue weighted by molar-refractivity contribution is 5.94. The number of carbonyl (C=O) groups excluding carboxylic acids is 2. The van der Waals surface area contributed by atoms with Crippen LogP contribution in [-0.2, 0) is 9.59 Å². The van der Waals surface area contributed by atoms with Gasteiger partial charge >= 0.3 is 0 Å². The van der Waals surface area contributed by atoms with E-state index < -0.39 is 0 Å². The Bertz CT molecular complexity index is 376. The van der Waals surface area contributed by atoms with E-state index in [4.69, 9.17) is 5.73 Å².